The summed E-state index contributed by atoms with van der Waals surface area (Å²) < 4.78 is 43.8. The molecule has 4 aromatic rings. The maximum Gasteiger partial charge on any atom is 0.261 e. The molecule has 0 saturated carbocycles. The van der Waals surface area contributed by atoms with Crippen molar-refractivity contribution in [2.45, 2.75) is 11.4 Å². The monoisotopic (exact) mass is 537 g/mol. The third-order valence-electron chi connectivity index (χ3n) is 5.65. The van der Waals surface area contributed by atoms with E-state index in [1.54, 1.807) is 19.2 Å². The lowest BCUT2D eigenvalue weighted by Crippen LogP contribution is -2.17. The number of hydrogen-bond donors (Lipinski definition) is 3. The molecular weight excluding hydrogens is 510 g/mol. The van der Waals surface area contributed by atoms with Crippen LogP contribution in [0.15, 0.2) is 76.6 Å². The molecule has 3 N–H and O–H groups in total. The van der Waals surface area contributed by atoms with Crippen LogP contribution < -0.4 is 29.7 Å². The zero-order valence-electron chi connectivity index (χ0n) is 20.8. The van der Waals surface area contributed by atoms with Crippen molar-refractivity contribution in [2.24, 2.45) is 0 Å². The molecule has 1 aliphatic heterocycles. The average Bonchev–Trinajstić information content (AvgIpc) is 2.94. The molecule has 0 atom stereocenters. The fraction of sp³-hybridized carbons (Fsp3) is 0.185. The molecule has 0 amide bonds. The molecular formula is C27H27N3O7S. The molecule has 0 spiro atoms. The van der Waals surface area contributed by atoms with Gasteiger partial charge in [-0.15, -0.1) is 0 Å². The van der Waals surface area contributed by atoms with Gasteiger partial charge in [-0.3, -0.25) is 14.3 Å². The SMILES string of the molecule is CNCc1ccc(OC)cc1.O=Cc1c[nH]c2ccc(S(=O)(=O)Nc3ccc4c(c3)OCCO4)cc2c1=O. The van der Waals surface area contributed by atoms with Gasteiger partial charge in [0.2, 0.25) is 0 Å². The Kier molecular flexibility index (Phi) is 8.29. The fourth-order valence-electron chi connectivity index (χ4n) is 3.74. The Balaban J connectivity index is 0.000000257. The van der Waals surface area contributed by atoms with E-state index >= 15 is 0 Å². The largest absolute Gasteiger partial charge is 0.497 e. The minimum atomic E-state index is -3.96. The fourth-order valence-corrected chi connectivity index (χ4v) is 4.81. The Morgan fingerprint density at radius 2 is 1.74 bits per heavy atom. The highest BCUT2D eigenvalue weighted by Crippen LogP contribution is 2.33. The summed E-state index contributed by atoms with van der Waals surface area (Å²) in [5, 5.41) is 3.20. The van der Waals surface area contributed by atoms with Gasteiger partial charge in [0.05, 0.1) is 23.3 Å². The lowest BCUT2D eigenvalue weighted by atomic mass is 10.1. The maximum atomic E-state index is 12.7. The molecule has 0 radical (unpaired) electrons. The number of benzene rings is 3. The topological polar surface area (TPSA) is 136 Å². The molecule has 5 rings (SSSR count). The quantitative estimate of drug-likeness (QED) is 0.306. The van der Waals surface area contributed by atoms with E-state index in [2.05, 4.69) is 27.2 Å². The molecule has 198 valence electrons. The highest BCUT2D eigenvalue weighted by molar-refractivity contribution is 7.92. The second kappa shape index (κ2) is 11.8. The number of aromatic amines is 1. The summed E-state index contributed by atoms with van der Waals surface area (Å²) in [5.74, 6) is 1.90. The number of aromatic nitrogens is 1. The molecule has 0 bridgehead atoms. The minimum Gasteiger partial charge on any atom is -0.497 e. The van der Waals surface area contributed by atoms with Crippen molar-refractivity contribution in [1.29, 1.82) is 0 Å². The first kappa shape index (κ1) is 26.7. The lowest BCUT2D eigenvalue weighted by molar-refractivity contribution is 0.112. The molecule has 2 heterocycles. The first-order valence-electron chi connectivity index (χ1n) is 11.6. The van der Waals surface area contributed by atoms with Gasteiger partial charge in [0.15, 0.2) is 23.2 Å². The molecule has 1 aliphatic rings. The van der Waals surface area contributed by atoms with E-state index in [9.17, 15) is 18.0 Å². The number of sulfonamides is 1. The highest BCUT2D eigenvalue weighted by Gasteiger charge is 2.18. The van der Waals surface area contributed by atoms with Crippen molar-refractivity contribution in [3.05, 3.63) is 88.2 Å². The lowest BCUT2D eigenvalue weighted by Gasteiger charge is -2.19. The van der Waals surface area contributed by atoms with Crippen LogP contribution >= 0.6 is 0 Å². The van der Waals surface area contributed by atoms with E-state index in [0.717, 1.165) is 12.3 Å². The first-order chi connectivity index (χ1) is 18.3. The zero-order chi connectivity index (χ0) is 27.1. The molecule has 0 saturated heterocycles. The number of nitrogens with one attached hydrogen (secondary N) is 3. The van der Waals surface area contributed by atoms with Crippen molar-refractivity contribution in [3.8, 4) is 17.2 Å². The number of fused-ring (bicyclic) bond motifs is 2. The Hall–Kier alpha value is -4.35. The number of H-pyrrole nitrogens is 1. The number of hydrogen-bond acceptors (Lipinski definition) is 8. The van der Waals surface area contributed by atoms with Crippen LogP contribution in [0.2, 0.25) is 0 Å². The van der Waals surface area contributed by atoms with E-state index in [1.807, 2.05) is 19.2 Å². The summed E-state index contributed by atoms with van der Waals surface area (Å²) in [7, 11) is -0.347. The van der Waals surface area contributed by atoms with E-state index in [1.165, 1.54) is 36.0 Å². The molecule has 10 nitrogen and oxygen atoms in total. The summed E-state index contributed by atoms with van der Waals surface area (Å²) >= 11 is 0. The number of pyridine rings is 1. The van der Waals surface area contributed by atoms with Gasteiger partial charge < -0.3 is 24.5 Å². The number of carbonyl (C=O) groups excluding carboxylic acids is 1. The van der Waals surface area contributed by atoms with Gasteiger partial charge in [-0.25, -0.2) is 8.42 Å². The van der Waals surface area contributed by atoms with Crippen molar-refractivity contribution >= 4 is 32.9 Å². The third-order valence-corrected chi connectivity index (χ3v) is 7.03. The van der Waals surface area contributed by atoms with Crippen molar-refractivity contribution < 1.29 is 27.4 Å². The van der Waals surface area contributed by atoms with Gasteiger partial charge in [0, 0.05) is 29.7 Å². The van der Waals surface area contributed by atoms with Crippen LogP contribution in [0, 0.1) is 0 Å². The zero-order valence-corrected chi connectivity index (χ0v) is 21.6. The number of anilines is 1. The number of carbonyl (C=O) groups is 1. The smallest absolute Gasteiger partial charge is 0.261 e. The van der Waals surface area contributed by atoms with Crippen LogP contribution in [0.25, 0.3) is 10.9 Å². The molecule has 1 aromatic heterocycles. The van der Waals surface area contributed by atoms with Crippen LogP contribution in [-0.4, -0.2) is 47.1 Å². The maximum absolute atomic E-state index is 12.7. The van der Waals surface area contributed by atoms with Crippen LogP contribution in [0.4, 0.5) is 5.69 Å². The summed E-state index contributed by atoms with van der Waals surface area (Å²) in [6.07, 6.45) is 1.71. The first-order valence-corrected chi connectivity index (χ1v) is 13.1. The summed E-state index contributed by atoms with van der Waals surface area (Å²) in [5.41, 5.74) is 1.40. The van der Waals surface area contributed by atoms with Crippen molar-refractivity contribution in [1.82, 2.24) is 10.3 Å². The molecule has 11 heteroatoms. The van der Waals surface area contributed by atoms with Gasteiger partial charge >= 0.3 is 0 Å². The normalized spacial score (nSPS) is 12.3. The van der Waals surface area contributed by atoms with Crippen LogP contribution in [-0.2, 0) is 16.6 Å². The molecule has 0 unspecified atom stereocenters. The average molecular weight is 538 g/mol. The van der Waals surface area contributed by atoms with E-state index < -0.39 is 15.5 Å². The molecule has 0 fully saturated rings. The number of methoxy groups -OCH3 is 1. The van der Waals surface area contributed by atoms with Crippen LogP contribution in [0.1, 0.15) is 15.9 Å². The van der Waals surface area contributed by atoms with E-state index in [4.69, 9.17) is 14.2 Å². The summed E-state index contributed by atoms with van der Waals surface area (Å²) in [6.45, 7) is 1.73. The van der Waals surface area contributed by atoms with Gasteiger partial charge in [0.25, 0.3) is 10.0 Å². The van der Waals surface area contributed by atoms with Crippen LogP contribution in [0.3, 0.4) is 0 Å². The predicted molar refractivity (Wildman–Crippen MR) is 144 cm³/mol. The highest BCUT2D eigenvalue weighted by atomic mass is 32.2. The second-order valence-corrected chi connectivity index (χ2v) is 9.92. The standard InChI is InChI=1S/C18H14N2O6S.C9H13NO/c21-10-11-9-19-15-3-2-13(8-14(15)18(11)22)27(23,24)20-12-1-4-16-17(7-12)26-6-5-25-16;1-10-7-8-3-5-9(11-2)6-4-8/h1-4,7-10,20H,5-6H2,(H,19,22);3-6,10H,7H2,1-2H3. The number of aldehydes is 1. The van der Waals surface area contributed by atoms with Gasteiger partial charge in [-0.05, 0) is 55.1 Å². The van der Waals surface area contributed by atoms with Gasteiger partial charge in [0.1, 0.15) is 19.0 Å². The molecule has 0 aliphatic carbocycles. The number of ether oxygens (including phenoxy) is 3. The Labute approximate surface area is 219 Å². The molecule has 38 heavy (non-hydrogen) atoms. The van der Waals surface area contributed by atoms with E-state index in [-0.39, 0.29) is 15.8 Å². The molecule has 3 aromatic carbocycles. The summed E-state index contributed by atoms with van der Waals surface area (Å²) in [6, 6.07) is 16.8. The second-order valence-electron chi connectivity index (χ2n) is 8.24. The van der Waals surface area contributed by atoms with Gasteiger partial charge in [-0.2, -0.15) is 0 Å². The van der Waals surface area contributed by atoms with Gasteiger partial charge in [-0.1, -0.05) is 12.1 Å². The number of rotatable bonds is 7. The minimum absolute atomic E-state index is 0.0724. The third kappa shape index (κ3) is 6.13. The van der Waals surface area contributed by atoms with Crippen molar-refractivity contribution in [2.75, 3.05) is 32.1 Å². The predicted octanol–water partition coefficient (Wildman–Crippen LogP) is 3.33. The Bertz CT molecular complexity index is 1600. The van der Waals surface area contributed by atoms with E-state index in [0.29, 0.717) is 42.2 Å². The van der Waals surface area contributed by atoms with Crippen molar-refractivity contribution in [3.63, 3.8) is 0 Å². The Morgan fingerprint density at radius 3 is 2.42 bits per heavy atom. The summed E-state index contributed by atoms with van der Waals surface area (Å²) in [4.78, 5) is 25.9. The van der Waals surface area contributed by atoms with Crippen LogP contribution in [0.5, 0.6) is 17.2 Å². The Morgan fingerprint density at radius 1 is 1.00 bits per heavy atom.